The highest BCUT2D eigenvalue weighted by Gasteiger charge is 2.25. The van der Waals surface area contributed by atoms with E-state index in [4.69, 9.17) is 9.47 Å². The normalized spacial score (nSPS) is 15.7. The third-order valence-electron chi connectivity index (χ3n) is 4.96. The molecule has 7 nitrogen and oxygen atoms in total. The fourth-order valence-electron chi connectivity index (χ4n) is 3.18. The van der Waals surface area contributed by atoms with E-state index in [9.17, 15) is 13.2 Å². The van der Waals surface area contributed by atoms with Gasteiger partial charge in [0, 0.05) is 19.6 Å². The number of sulfonamides is 1. The number of methoxy groups -OCH3 is 1. The van der Waals surface area contributed by atoms with E-state index in [1.54, 1.807) is 4.90 Å². The summed E-state index contributed by atoms with van der Waals surface area (Å²) < 4.78 is 38.9. The fraction of sp³-hybridized carbons (Fsp3) is 0.381. The number of ether oxygens (including phenoxy) is 2. The number of benzene rings is 2. The maximum atomic E-state index is 12.9. The van der Waals surface area contributed by atoms with Crippen molar-refractivity contribution in [2.75, 3.05) is 40.0 Å². The van der Waals surface area contributed by atoms with Crippen LogP contribution in [0.2, 0.25) is 0 Å². The molecule has 2 aromatic rings. The number of hydrogen-bond donors (Lipinski definition) is 1. The summed E-state index contributed by atoms with van der Waals surface area (Å²) in [5.74, 6) is 0.0941. The number of amides is 1. The van der Waals surface area contributed by atoms with E-state index in [0.717, 1.165) is 5.56 Å². The Morgan fingerprint density at radius 1 is 1.17 bits per heavy atom. The SMILES string of the molecule is COc1ccc(S(=O)(=O)NC[C@H](C)c2ccccc2)cc1C(=O)N1CCOCC1. The molecular formula is C21H26N2O5S. The molecule has 156 valence electrons. The molecule has 29 heavy (non-hydrogen) atoms. The molecule has 1 N–H and O–H groups in total. The summed E-state index contributed by atoms with van der Waals surface area (Å²) in [5.41, 5.74) is 1.28. The topological polar surface area (TPSA) is 84.9 Å². The van der Waals surface area contributed by atoms with Crippen molar-refractivity contribution in [1.82, 2.24) is 9.62 Å². The highest BCUT2D eigenvalue weighted by atomic mass is 32.2. The van der Waals surface area contributed by atoms with Crippen LogP contribution in [0.4, 0.5) is 0 Å². The second-order valence-electron chi connectivity index (χ2n) is 6.93. The third-order valence-corrected chi connectivity index (χ3v) is 6.38. The van der Waals surface area contributed by atoms with Crippen molar-refractivity contribution >= 4 is 15.9 Å². The highest BCUT2D eigenvalue weighted by Crippen LogP contribution is 2.25. The average molecular weight is 419 g/mol. The lowest BCUT2D eigenvalue weighted by molar-refractivity contribution is 0.0300. The summed E-state index contributed by atoms with van der Waals surface area (Å²) in [6.45, 7) is 4.07. The molecule has 1 fully saturated rings. The van der Waals surface area contributed by atoms with Gasteiger partial charge in [0.1, 0.15) is 5.75 Å². The summed E-state index contributed by atoms with van der Waals surface area (Å²) in [4.78, 5) is 14.6. The molecule has 1 heterocycles. The van der Waals surface area contributed by atoms with Gasteiger partial charge in [0.2, 0.25) is 10.0 Å². The number of nitrogens with one attached hydrogen (secondary N) is 1. The molecule has 0 radical (unpaired) electrons. The molecule has 1 aliphatic heterocycles. The van der Waals surface area contributed by atoms with Crippen LogP contribution in [0.25, 0.3) is 0 Å². The molecule has 0 unspecified atom stereocenters. The van der Waals surface area contributed by atoms with E-state index in [1.807, 2.05) is 37.3 Å². The first-order valence-electron chi connectivity index (χ1n) is 9.52. The van der Waals surface area contributed by atoms with Crippen LogP contribution in [-0.2, 0) is 14.8 Å². The molecule has 0 saturated carbocycles. The minimum Gasteiger partial charge on any atom is -0.496 e. The Morgan fingerprint density at radius 3 is 2.52 bits per heavy atom. The van der Waals surface area contributed by atoms with E-state index in [0.29, 0.717) is 32.1 Å². The van der Waals surface area contributed by atoms with Gasteiger partial charge in [-0.15, -0.1) is 0 Å². The molecule has 0 bridgehead atoms. The molecule has 8 heteroatoms. The second-order valence-corrected chi connectivity index (χ2v) is 8.70. The lowest BCUT2D eigenvalue weighted by atomic mass is 10.0. The van der Waals surface area contributed by atoms with Gasteiger partial charge in [-0.05, 0) is 29.7 Å². The predicted octanol–water partition coefficient (Wildman–Crippen LogP) is 2.25. The smallest absolute Gasteiger partial charge is 0.257 e. The summed E-state index contributed by atoms with van der Waals surface area (Å²) in [5, 5.41) is 0. The second kappa shape index (κ2) is 9.39. The largest absolute Gasteiger partial charge is 0.496 e. The average Bonchev–Trinajstić information content (AvgIpc) is 2.77. The molecule has 0 spiro atoms. The van der Waals surface area contributed by atoms with Gasteiger partial charge in [0.25, 0.3) is 5.91 Å². The number of rotatable bonds is 7. The van der Waals surface area contributed by atoms with Crippen LogP contribution >= 0.6 is 0 Å². The van der Waals surface area contributed by atoms with Crippen LogP contribution in [0, 0.1) is 0 Å². The molecule has 1 saturated heterocycles. The highest BCUT2D eigenvalue weighted by molar-refractivity contribution is 7.89. The number of carbonyl (C=O) groups excluding carboxylic acids is 1. The van der Waals surface area contributed by atoms with E-state index in [2.05, 4.69) is 4.72 Å². The summed E-state index contributed by atoms with van der Waals surface area (Å²) in [6, 6.07) is 14.0. The van der Waals surface area contributed by atoms with Crippen molar-refractivity contribution in [3.8, 4) is 5.75 Å². The zero-order chi connectivity index (χ0) is 20.9. The van der Waals surface area contributed by atoms with Gasteiger partial charge >= 0.3 is 0 Å². The fourth-order valence-corrected chi connectivity index (χ4v) is 4.33. The van der Waals surface area contributed by atoms with E-state index >= 15 is 0 Å². The summed E-state index contributed by atoms with van der Waals surface area (Å²) >= 11 is 0. The summed E-state index contributed by atoms with van der Waals surface area (Å²) in [7, 11) is -2.32. The van der Waals surface area contributed by atoms with Gasteiger partial charge in [0.15, 0.2) is 0 Å². The van der Waals surface area contributed by atoms with Gasteiger partial charge in [-0.3, -0.25) is 4.79 Å². The monoisotopic (exact) mass is 418 g/mol. The minimum absolute atomic E-state index is 0.0127. The zero-order valence-corrected chi connectivity index (χ0v) is 17.4. The van der Waals surface area contributed by atoms with E-state index in [-0.39, 0.29) is 28.8 Å². The Hall–Kier alpha value is -2.42. The van der Waals surface area contributed by atoms with E-state index < -0.39 is 10.0 Å². The number of carbonyl (C=O) groups is 1. The predicted molar refractivity (Wildman–Crippen MR) is 110 cm³/mol. The molecule has 3 rings (SSSR count). The van der Waals surface area contributed by atoms with Crippen molar-refractivity contribution in [2.45, 2.75) is 17.7 Å². The van der Waals surface area contributed by atoms with Crippen molar-refractivity contribution in [3.63, 3.8) is 0 Å². The van der Waals surface area contributed by atoms with Crippen molar-refractivity contribution in [1.29, 1.82) is 0 Å². The Balaban J connectivity index is 1.79. The van der Waals surface area contributed by atoms with Crippen molar-refractivity contribution < 1.29 is 22.7 Å². The first kappa shape index (κ1) is 21.3. The molecule has 1 aliphatic rings. The molecule has 1 atom stereocenters. The van der Waals surface area contributed by atoms with Crippen LogP contribution in [0.3, 0.4) is 0 Å². The van der Waals surface area contributed by atoms with Crippen LogP contribution in [0.5, 0.6) is 5.75 Å². The Labute approximate surface area is 171 Å². The van der Waals surface area contributed by atoms with Crippen LogP contribution in [0.15, 0.2) is 53.4 Å². The van der Waals surface area contributed by atoms with E-state index in [1.165, 1.54) is 25.3 Å². The minimum atomic E-state index is -3.78. The Kier molecular flexibility index (Phi) is 6.89. The molecular weight excluding hydrogens is 392 g/mol. The quantitative estimate of drug-likeness (QED) is 0.746. The first-order valence-corrected chi connectivity index (χ1v) is 11.0. The van der Waals surface area contributed by atoms with Crippen LogP contribution < -0.4 is 9.46 Å². The van der Waals surface area contributed by atoms with Gasteiger partial charge in [0.05, 0.1) is 30.8 Å². The first-order chi connectivity index (χ1) is 13.9. The van der Waals surface area contributed by atoms with Crippen LogP contribution in [0.1, 0.15) is 28.8 Å². The van der Waals surface area contributed by atoms with Crippen molar-refractivity contribution in [3.05, 3.63) is 59.7 Å². The maximum Gasteiger partial charge on any atom is 0.257 e. The zero-order valence-electron chi connectivity index (χ0n) is 16.6. The van der Waals surface area contributed by atoms with Gasteiger partial charge in [-0.1, -0.05) is 37.3 Å². The molecule has 2 aromatic carbocycles. The third kappa shape index (κ3) is 5.14. The maximum absolute atomic E-state index is 12.9. The van der Waals surface area contributed by atoms with Gasteiger partial charge in [-0.25, -0.2) is 13.1 Å². The molecule has 0 aliphatic carbocycles. The number of hydrogen-bond acceptors (Lipinski definition) is 5. The standard InChI is InChI=1S/C21H26N2O5S/c1-16(17-6-4-3-5-7-17)15-22-29(25,26)18-8-9-20(27-2)19(14-18)21(24)23-10-12-28-13-11-23/h3-9,14,16,22H,10-13,15H2,1-2H3/t16-/m0/s1. The molecule has 1 amide bonds. The van der Waals surface area contributed by atoms with Gasteiger partial charge in [-0.2, -0.15) is 0 Å². The Morgan fingerprint density at radius 2 is 1.86 bits per heavy atom. The van der Waals surface area contributed by atoms with Crippen molar-refractivity contribution in [2.24, 2.45) is 0 Å². The lowest BCUT2D eigenvalue weighted by Gasteiger charge is -2.27. The Bertz CT molecular complexity index is 941. The molecule has 0 aromatic heterocycles. The lowest BCUT2D eigenvalue weighted by Crippen LogP contribution is -2.40. The van der Waals surface area contributed by atoms with Gasteiger partial charge < -0.3 is 14.4 Å². The van der Waals surface area contributed by atoms with Crippen LogP contribution in [-0.4, -0.2) is 59.2 Å². The summed E-state index contributed by atoms with van der Waals surface area (Å²) in [6.07, 6.45) is 0. The number of nitrogens with zero attached hydrogens (tertiary/aromatic N) is 1. The number of morpholine rings is 1.